The summed E-state index contributed by atoms with van der Waals surface area (Å²) >= 11 is 0. The molecule has 0 saturated heterocycles. The van der Waals surface area contributed by atoms with Gasteiger partial charge in [-0.15, -0.1) is 0 Å². The maximum atomic E-state index is 11.7. The minimum absolute atomic E-state index is 0.0640. The highest BCUT2D eigenvalue weighted by molar-refractivity contribution is 6.08. The molecule has 1 aromatic carbocycles. The fourth-order valence-corrected chi connectivity index (χ4v) is 2.33. The van der Waals surface area contributed by atoms with Gasteiger partial charge in [-0.3, -0.25) is 9.59 Å². The first-order chi connectivity index (χ1) is 9.58. The van der Waals surface area contributed by atoms with Crippen molar-refractivity contribution in [3.63, 3.8) is 0 Å². The van der Waals surface area contributed by atoms with Gasteiger partial charge in [-0.2, -0.15) is 0 Å². The smallest absolute Gasteiger partial charge is 0.144 e. The van der Waals surface area contributed by atoms with Crippen LogP contribution in [0.3, 0.4) is 0 Å². The Morgan fingerprint density at radius 1 is 1.20 bits per heavy atom. The highest BCUT2D eigenvalue weighted by atomic mass is 16.5. The van der Waals surface area contributed by atoms with Gasteiger partial charge in [0.25, 0.3) is 0 Å². The number of allylic oxidation sites excluding steroid dienone is 1. The van der Waals surface area contributed by atoms with Crippen molar-refractivity contribution in [2.24, 2.45) is 5.92 Å². The topological polar surface area (TPSA) is 43.4 Å². The van der Waals surface area contributed by atoms with E-state index in [0.29, 0.717) is 25.9 Å². The number of ether oxygens (including phenoxy) is 1. The minimum atomic E-state index is -0.469. The van der Waals surface area contributed by atoms with Gasteiger partial charge in [-0.1, -0.05) is 23.8 Å². The second-order valence-electron chi connectivity index (χ2n) is 5.39. The molecule has 20 heavy (non-hydrogen) atoms. The number of Topliss-reactive ketones (excluding diaryl/α,β-unsaturated/α-hetero) is 2. The minimum Gasteiger partial charge on any atom is -0.489 e. The summed E-state index contributed by atoms with van der Waals surface area (Å²) < 4.78 is 5.73. The van der Waals surface area contributed by atoms with E-state index in [-0.39, 0.29) is 11.6 Å². The van der Waals surface area contributed by atoms with Crippen LogP contribution in [0.4, 0.5) is 0 Å². The molecule has 1 saturated carbocycles. The Labute approximate surface area is 119 Å². The third-order valence-electron chi connectivity index (χ3n) is 3.52. The molecule has 0 N–H and O–H groups in total. The quantitative estimate of drug-likeness (QED) is 0.611. The molecule has 0 unspecified atom stereocenters. The van der Waals surface area contributed by atoms with Crippen LogP contribution in [0, 0.1) is 5.92 Å². The van der Waals surface area contributed by atoms with Crippen LogP contribution in [0.5, 0.6) is 5.75 Å². The molecule has 0 atom stereocenters. The molecule has 3 heteroatoms. The number of carbonyl (C=O) groups is 2. The van der Waals surface area contributed by atoms with E-state index in [1.165, 1.54) is 5.57 Å². The van der Waals surface area contributed by atoms with Crippen LogP contribution in [-0.2, 0) is 16.0 Å². The summed E-state index contributed by atoms with van der Waals surface area (Å²) in [7, 11) is 0. The van der Waals surface area contributed by atoms with Crippen molar-refractivity contribution in [2.45, 2.75) is 33.1 Å². The lowest BCUT2D eigenvalue weighted by molar-refractivity contribution is -0.127. The summed E-state index contributed by atoms with van der Waals surface area (Å²) in [6.07, 6.45) is 3.25. The average molecular weight is 272 g/mol. The monoisotopic (exact) mass is 272 g/mol. The van der Waals surface area contributed by atoms with Crippen molar-refractivity contribution < 1.29 is 14.3 Å². The molecule has 0 aliphatic heterocycles. The molecule has 0 radical (unpaired) electrons. The Morgan fingerprint density at radius 3 is 2.50 bits per heavy atom. The summed E-state index contributed by atoms with van der Waals surface area (Å²) in [5, 5.41) is 0. The van der Waals surface area contributed by atoms with Gasteiger partial charge in [0.15, 0.2) is 0 Å². The van der Waals surface area contributed by atoms with Crippen molar-refractivity contribution >= 4 is 11.6 Å². The first kappa shape index (κ1) is 14.5. The summed E-state index contributed by atoms with van der Waals surface area (Å²) in [6, 6.07) is 7.63. The lowest BCUT2D eigenvalue weighted by atomic mass is 9.96. The van der Waals surface area contributed by atoms with Gasteiger partial charge in [-0.25, -0.2) is 0 Å². The van der Waals surface area contributed by atoms with Crippen LogP contribution >= 0.6 is 0 Å². The van der Waals surface area contributed by atoms with Crippen molar-refractivity contribution in [1.29, 1.82) is 0 Å². The number of rotatable bonds is 5. The average Bonchev–Trinajstić information content (AvgIpc) is 2.72. The van der Waals surface area contributed by atoms with E-state index < -0.39 is 5.92 Å². The van der Waals surface area contributed by atoms with Gasteiger partial charge >= 0.3 is 0 Å². The van der Waals surface area contributed by atoms with E-state index in [4.69, 9.17) is 4.74 Å². The fourth-order valence-electron chi connectivity index (χ4n) is 2.33. The van der Waals surface area contributed by atoms with Crippen LogP contribution in [-0.4, -0.2) is 18.2 Å². The Bertz CT molecular complexity index is 523. The third-order valence-corrected chi connectivity index (χ3v) is 3.52. The highest BCUT2D eigenvalue weighted by Crippen LogP contribution is 2.27. The zero-order valence-electron chi connectivity index (χ0n) is 12.0. The molecular weight excluding hydrogens is 252 g/mol. The van der Waals surface area contributed by atoms with Gasteiger partial charge in [0.2, 0.25) is 0 Å². The SMILES string of the molecule is CC(C)=CCOc1ccccc1CC1C(=O)CCC1=O. The number of ketones is 2. The summed E-state index contributed by atoms with van der Waals surface area (Å²) in [4.78, 5) is 23.5. The predicted octanol–water partition coefficient (Wildman–Crippen LogP) is 3.12. The highest BCUT2D eigenvalue weighted by Gasteiger charge is 2.33. The molecule has 0 aromatic heterocycles. The maximum absolute atomic E-state index is 11.7. The normalized spacial score (nSPS) is 15.5. The maximum Gasteiger partial charge on any atom is 0.144 e. The molecule has 0 heterocycles. The Hall–Kier alpha value is -1.90. The molecule has 106 valence electrons. The third kappa shape index (κ3) is 3.56. The molecule has 3 nitrogen and oxygen atoms in total. The summed E-state index contributed by atoms with van der Waals surface area (Å²) in [6.45, 7) is 4.54. The van der Waals surface area contributed by atoms with Crippen LogP contribution in [0.1, 0.15) is 32.3 Å². The largest absolute Gasteiger partial charge is 0.489 e. The van der Waals surface area contributed by atoms with Crippen LogP contribution in [0.15, 0.2) is 35.9 Å². The molecule has 1 aliphatic carbocycles. The lowest BCUT2D eigenvalue weighted by Crippen LogP contribution is -2.17. The van der Waals surface area contributed by atoms with Crippen molar-refractivity contribution in [2.75, 3.05) is 6.61 Å². The van der Waals surface area contributed by atoms with E-state index in [2.05, 4.69) is 0 Å². The Kier molecular flexibility index (Phi) is 4.72. The lowest BCUT2D eigenvalue weighted by Gasteiger charge is -2.12. The number of hydrogen-bond acceptors (Lipinski definition) is 3. The van der Waals surface area contributed by atoms with Crippen LogP contribution < -0.4 is 4.74 Å². The first-order valence-corrected chi connectivity index (χ1v) is 6.97. The van der Waals surface area contributed by atoms with Gasteiger partial charge in [-0.05, 0) is 38.0 Å². The van der Waals surface area contributed by atoms with E-state index >= 15 is 0 Å². The second kappa shape index (κ2) is 6.51. The van der Waals surface area contributed by atoms with Gasteiger partial charge in [0.05, 0.1) is 5.92 Å². The summed E-state index contributed by atoms with van der Waals surface area (Å²) in [5.74, 6) is 0.420. The molecule has 1 fully saturated rings. The van der Waals surface area contributed by atoms with Crippen molar-refractivity contribution in [3.05, 3.63) is 41.5 Å². The molecule has 0 bridgehead atoms. The first-order valence-electron chi connectivity index (χ1n) is 6.97. The van der Waals surface area contributed by atoms with Gasteiger partial charge in [0, 0.05) is 12.8 Å². The zero-order chi connectivity index (χ0) is 14.5. The van der Waals surface area contributed by atoms with E-state index in [1.807, 2.05) is 44.2 Å². The Morgan fingerprint density at radius 2 is 1.85 bits per heavy atom. The van der Waals surface area contributed by atoms with Gasteiger partial charge < -0.3 is 4.74 Å². The molecule has 2 rings (SSSR count). The van der Waals surface area contributed by atoms with Crippen LogP contribution in [0.25, 0.3) is 0 Å². The molecular formula is C17H20O3. The molecule has 1 aliphatic rings. The number of hydrogen-bond donors (Lipinski definition) is 0. The standard InChI is InChI=1S/C17H20O3/c1-12(2)9-10-20-17-6-4-3-5-13(17)11-14-15(18)7-8-16(14)19/h3-6,9,14H,7-8,10-11H2,1-2H3. The molecule has 0 amide bonds. The van der Waals surface area contributed by atoms with E-state index in [1.54, 1.807) is 0 Å². The van der Waals surface area contributed by atoms with E-state index in [0.717, 1.165) is 11.3 Å². The Balaban J connectivity index is 2.09. The number of carbonyl (C=O) groups excluding carboxylic acids is 2. The van der Waals surface area contributed by atoms with Crippen molar-refractivity contribution in [3.8, 4) is 5.75 Å². The van der Waals surface area contributed by atoms with Gasteiger partial charge in [0.1, 0.15) is 23.9 Å². The molecule has 1 aromatic rings. The second-order valence-corrected chi connectivity index (χ2v) is 5.39. The fraction of sp³-hybridized carbons (Fsp3) is 0.412. The zero-order valence-corrected chi connectivity index (χ0v) is 12.0. The van der Waals surface area contributed by atoms with Crippen LogP contribution in [0.2, 0.25) is 0 Å². The number of benzene rings is 1. The number of para-hydroxylation sites is 1. The summed E-state index contributed by atoms with van der Waals surface area (Å²) in [5.41, 5.74) is 2.13. The predicted molar refractivity (Wildman–Crippen MR) is 77.8 cm³/mol. The molecule has 0 spiro atoms. The van der Waals surface area contributed by atoms with E-state index in [9.17, 15) is 9.59 Å². The van der Waals surface area contributed by atoms with Crippen molar-refractivity contribution in [1.82, 2.24) is 0 Å².